The van der Waals surface area contributed by atoms with E-state index in [9.17, 15) is 14.7 Å². The van der Waals surface area contributed by atoms with Crippen molar-refractivity contribution < 1.29 is 38.4 Å². The average Bonchev–Trinajstić information content (AvgIpc) is 3.60. The highest BCUT2D eigenvalue weighted by Gasteiger charge is 2.56. The number of epoxide rings is 1. The van der Waals surface area contributed by atoms with Gasteiger partial charge >= 0.3 is 12.1 Å². The maximum absolute atomic E-state index is 12.9. The van der Waals surface area contributed by atoms with Crippen LogP contribution in [-0.2, 0) is 28.5 Å². The molecule has 0 bridgehead atoms. The van der Waals surface area contributed by atoms with Gasteiger partial charge in [0.1, 0.15) is 6.10 Å². The van der Waals surface area contributed by atoms with Crippen LogP contribution >= 0.6 is 0 Å². The van der Waals surface area contributed by atoms with Gasteiger partial charge in [-0.1, -0.05) is 39.0 Å². The third-order valence-electron chi connectivity index (χ3n) is 8.81. The van der Waals surface area contributed by atoms with Gasteiger partial charge in [-0.15, -0.1) is 0 Å². The zero-order chi connectivity index (χ0) is 30.3. The Hall–Kier alpha value is -1.98. The molecule has 0 radical (unpaired) electrons. The van der Waals surface area contributed by atoms with Crippen LogP contribution in [0.5, 0.6) is 0 Å². The number of piperazine rings is 1. The molecular formula is C31H52N2O8. The van der Waals surface area contributed by atoms with Gasteiger partial charge in [-0.05, 0) is 38.7 Å². The molecule has 3 aliphatic heterocycles. The number of carbonyl (C=O) groups is 2. The molecule has 3 saturated heterocycles. The Morgan fingerprint density at radius 3 is 2.49 bits per heavy atom. The van der Waals surface area contributed by atoms with E-state index in [1.165, 1.54) is 7.11 Å². The number of aliphatic hydroxyl groups is 1. The van der Waals surface area contributed by atoms with Gasteiger partial charge in [0.15, 0.2) is 0 Å². The number of carbonyl (C=O) groups excluding carboxylic acids is 2. The number of hydrogen-bond acceptors (Lipinski definition) is 9. The van der Waals surface area contributed by atoms with Crippen LogP contribution in [0.3, 0.4) is 0 Å². The number of nitrogens with one attached hydrogen (secondary N) is 1. The fraction of sp³-hybridized carbons (Fsp3) is 0.806. The fourth-order valence-electron chi connectivity index (χ4n) is 6.49. The Labute approximate surface area is 245 Å². The van der Waals surface area contributed by atoms with Gasteiger partial charge in [-0.2, -0.15) is 0 Å². The lowest BCUT2D eigenvalue weighted by Gasteiger charge is -2.41. The molecule has 0 aromatic heterocycles. The Bertz CT molecular complexity index is 933. The zero-order valence-corrected chi connectivity index (χ0v) is 26.1. The Morgan fingerprint density at radius 1 is 1.20 bits per heavy atom. The first-order valence-electron chi connectivity index (χ1n) is 15.0. The van der Waals surface area contributed by atoms with Gasteiger partial charge < -0.3 is 39.0 Å². The summed E-state index contributed by atoms with van der Waals surface area (Å²) >= 11 is 0. The first kappa shape index (κ1) is 33.5. The molecule has 0 aliphatic carbocycles. The molecule has 0 aromatic rings. The van der Waals surface area contributed by atoms with Crippen LogP contribution in [0.25, 0.3) is 0 Å². The quantitative estimate of drug-likeness (QED) is 0.203. The maximum atomic E-state index is 12.9. The van der Waals surface area contributed by atoms with E-state index in [0.29, 0.717) is 19.5 Å². The number of esters is 1. The molecule has 0 saturated carbocycles. The van der Waals surface area contributed by atoms with E-state index in [2.05, 4.69) is 32.2 Å². The van der Waals surface area contributed by atoms with Gasteiger partial charge in [-0.3, -0.25) is 4.79 Å². The molecule has 3 rings (SSSR count). The van der Waals surface area contributed by atoms with Gasteiger partial charge in [-0.25, -0.2) is 4.79 Å². The monoisotopic (exact) mass is 580 g/mol. The summed E-state index contributed by atoms with van der Waals surface area (Å²) < 4.78 is 28.8. The van der Waals surface area contributed by atoms with Crippen molar-refractivity contribution in [3.05, 3.63) is 23.8 Å². The number of aliphatic hydroxyl groups excluding tert-OH is 1. The first-order chi connectivity index (χ1) is 19.4. The van der Waals surface area contributed by atoms with Crippen molar-refractivity contribution in [2.45, 2.75) is 103 Å². The number of rotatable bonds is 12. The molecule has 0 aromatic carbocycles. The van der Waals surface area contributed by atoms with E-state index in [4.69, 9.17) is 23.7 Å². The van der Waals surface area contributed by atoms with E-state index < -0.39 is 12.2 Å². The van der Waals surface area contributed by atoms with Crippen LogP contribution in [0.1, 0.15) is 60.8 Å². The number of allylic oxidation sites excluding steroid dienone is 3. The van der Waals surface area contributed by atoms with E-state index >= 15 is 0 Å². The number of hydrogen-bond donors (Lipinski definition) is 2. The van der Waals surface area contributed by atoms with E-state index in [1.54, 1.807) is 18.9 Å². The van der Waals surface area contributed by atoms with Crippen molar-refractivity contribution in [2.75, 3.05) is 40.4 Å². The molecule has 10 heteroatoms. The SMILES string of the molecule is COC(=O)C[C@H]1C[C@@H](OC(=O)N2CCNCC2)[C@H](C)[C@@H](/C(C)=C/C=C/[C@@H](C)C[C@@]2(C)O[C@@H]2[C@H](C)[C@@H](OC)[C@@H](C)O)O1. The minimum atomic E-state index is -0.560. The number of nitrogens with zero attached hydrogens (tertiary/aromatic N) is 1. The predicted octanol–water partition coefficient (Wildman–Crippen LogP) is 3.47. The minimum absolute atomic E-state index is 0.0410. The second kappa shape index (κ2) is 15.0. The first-order valence-corrected chi connectivity index (χ1v) is 15.0. The molecule has 41 heavy (non-hydrogen) atoms. The van der Waals surface area contributed by atoms with Gasteiger partial charge in [0, 0.05) is 51.5 Å². The summed E-state index contributed by atoms with van der Waals surface area (Å²) in [6.07, 6.45) is 5.46. The van der Waals surface area contributed by atoms with Crippen LogP contribution in [0.4, 0.5) is 4.79 Å². The molecule has 0 spiro atoms. The summed E-state index contributed by atoms with van der Waals surface area (Å²) in [5.41, 5.74) is 0.746. The van der Waals surface area contributed by atoms with Crippen molar-refractivity contribution in [2.24, 2.45) is 17.8 Å². The molecule has 234 valence electrons. The Morgan fingerprint density at radius 2 is 1.88 bits per heavy atom. The second-order valence-corrected chi connectivity index (χ2v) is 12.3. The lowest BCUT2D eigenvalue weighted by Crippen LogP contribution is -2.50. The molecule has 10 atom stereocenters. The van der Waals surface area contributed by atoms with Crippen molar-refractivity contribution in [3.63, 3.8) is 0 Å². The Kier molecular flexibility index (Phi) is 12.2. The zero-order valence-electron chi connectivity index (χ0n) is 26.1. The van der Waals surface area contributed by atoms with Crippen LogP contribution in [0, 0.1) is 17.8 Å². The molecule has 10 nitrogen and oxygen atoms in total. The van der Waals surface area contributed by atoms with Crippen molar-refractivity contribution in [3.8, 4) is 0 Å². The average molecular weight is 581 g/mol. The largest absolute Gasteiger partial charge is 0.469 e. The molecule has 2 N–H and O–H groups in total. The van der Waals surface area contributed by atoms with Crippen molar-refractivity contribution in [1.29, 1.82) is 0 Å². The summed E-state index contributed by atoms with van der Waals surface area (Å²) in [6, 6.07) is 0. The molecular weight excluding hydrogens is 528 g/mol. The highest BCUT2D eigenvalue weighted by Crippen LogP contribution is 2.47. The summed E-state index contributed by atoms with van der Waals surface area (Å²) in [5, 5.41) is 13.3. The van der Waals surface area contributed by atoms with Crippen LogP contribution in [0.15, 0.2) is 23.8 Å². The summed E-state index contributed by atoms with van der Waals surface area (Å²) in [7, 11) is 2.99. The topological polar surface area (TPSA) is 119 Å². The maximum Gasteiger partial charge on any atom is 0.410 e. The summed E-state index contributed by atoms with van der Waals surface area (Å²) in [6.45, 7) is 14.9. The Balaban J connectivity index is 1.62. The van der Waals surface area contributed by atoms with E-state index in [1.807, 2.05) is 26.0 Å². The lowest BCUT2D eigenvalue weighted by atomic mass is 9.85. The van der Waals surface area contributed by atoms with Crippen LogP contribution in [-0.4, -0.2) is 105 Å². The smallest absolute Gasteiger partial charge is 0.410 e. The highest BCUT2D eigenvalue weighted by molar-refractivity contribution is 5.70. The second-order valence-electron chi connectivity index (χ2n) is 12.3. The van der Waals surface area contributed by atoms with Crippen molar-refractivity contribution >= 4 is 12.1 Å². The third kappa shape index (κ3) is 9.00. The fourth-order valence-corrected chi connectivity index (χ4v) is 6.49. The van der Waals surface area contributed by atoms with Gasteiger partial charge in [0.25, 0.3) is 0 Å². The molecule has 1 amide bonds. The number of ether oxygens (including phenoxy) is 5. The number of methoxy groups -OCH3 is 2. The molecule has 0 unspecified atom stereocenters. The summed E-state index contributed by atoms with van der Waals surface area (Å²) in [4.78, 5) is 26.7. The molecule has 3 heterocycles. The van der Waals surface area contributed by atoms with Gasteiger partial charge in [0.2, 0.25) is 0 Å². The minimum Gasteiger partial charge on any atom is -0.469 e. The summed E-state index contributed by atoms with van der Waals surface area (Å²) in [5.74, 6) is -0.0841. The van der Waals surface area contributed by atoms with Crippen molar-refractivity contribution in [1.82, 2.24) is 10.2 Å². The molecule has 3 aliphatic rings. The van der Waals surface area contributed by atoms with E-state index in [0.717, 1.165) is 25.1 Å². The predicted molar refractivity (Wildman–Crippen MR) is 155 cm³/mol. The van der Waals surface area contributed by atoms with Gasteiger partial charge in [0.05, 0.1) is 49.7 Å². The third-order valence-corrected chi connectivity index (χ3v) is 8.81. The standard InChI is InChI=1S/C31H52N2O8/c1-19(18-31(6)29(41-31)22(4)28(38-8)23(5)34)10-9-11-20(2)27-21(3)25(16-24(39-27)17-26(35)37-7)40-30(36)33-14-12-32-13-15-33/h9-11,19,21-25,27-29,32,34H,12-18H2,1-8H3/b10-9+,20-11+/t19-,21+,22-,23-,24-,25-,27-,28-,29-,31-/m1/s1. The molecule has 3 fully saturated rings. The van der Waals surface area contributed by atoms with E-state index in [-0.39, 0.29) is 66.3 Å². The normalized spacial score (nSPS) is 33.6. The lowest BCUT2D eigenvalue weighted by molar-refractivity contribution is -0.154. The van der Waals surface area contributed by atoms with Crippen LogP contribution in [0.2, 0.25) is 0 Å². The van der Waals surface area contributed by atoms with Crippen LogP contribution < -0.4 is 5.32 Å². The number of amides is 1. The highest BCUT2D eigenvalue weighted by atomic mass is 16.6.